The maximum absolute atomic E-state index is 11.5. The van der Waals surface area contributed by atoms with Gasteiger partial charge < -0.3 is 15.0 Å². The standard InChI is InChI=1S/C13H25N3O4S.HI/c1-4-14-13(15-7-10-21(3,18)19)16-8-5-11(6-9-16)12(17)20-2;/h11H,4-10H2,1-3H3,(H,14,15);1H. The van der Waals surface area contributed by atoms with Crippen LogP contribution in [-0.2, 0) is 19.4 Å². The highest BCUT2D eigenvalue weighted by atomic mass is 127. The van der Waals surface area contributed by atoms with E-state index in [-0.39, 0.29) is 48.2 Å². The summed E-state index contributed by atoms with van der Waals surface area (Å²) >= 11 is 0. The maximum atomic E-state index is 11.5. The zero-order valence-electron chi connectivity index (χ0n) is 13.4. The average molecular weight is 447 g/mol. The van der Waals surface area contributed by atoms with Gasteiger partial charge in [0.2, 0.25) is 0 Å². The fourth-order valence-corrected chi connectivity index (χ4v) is 2.66. The van der Waals surface area contributed by atoms with Crippen molar-refractivity contribution in [2.75, 3.05) is 45.3 Å². The van der Waals surface area contributed by atoms with Crippen molar-refractivity contribution in [1.29, 1.82) is 0 Å². The molecule has 0 aromatic heterocycles. The van der Waals surface area contributed by atoms with Crippen molar-refractivity contribution in [2.45, 2.75) is 19.8 Å². The number of hydrogen-bond acceptors (Lipinski definition) is 5. The van der Waals surface area contributed by atoms with Gasteiger partial charge in [-0.1, -0.05) is 0 Å². The third-order valence-corrected chi connectivity index (χ3v) is 4.31. The predicted molar refractivity (Wildman–Crippen MR) is 97.4 cm³/mol. The Morgan fingerprint density at radius 1 is 1.36 bits per heavy atom. The molecular formula is C13H26IN3O4S. The van der Waals surface area contributed by atoms with E-state index in [9.17, 15) is 13.2 Å². The quantitative estimate of drug-likeness (QED) is 0.286. The molecule has 9 heteroatoms. The van der Waals surface area contributed by atoms with Crippen molar-refractivity contribution in [1.82, 2.24) is 10.2 Å². The largest absolute Gasteiger partial charge is 0.469 e. The van der Waals surface area contributed by atoms with Crippen LogP contribution in [0.15, 0.2) is 4.99 Å². The van der Waals surface area contributed by atoms with E-state index in [1.54, 1.807) is 0 Å². The smallest absolute Gasteiger partial charge is 0.308 e. The highest BCUT2D eigenvalue weighted by Gasteiger charge is 2.26. The number of halogens is 1. The number of nitrogens with one attached hydrogen (secondary N) is 1. The van der Waals surface area contributed by atoms with Crippen LogP contribution >= 0.6 is 24.0 Å². The van der Waals surface area contributed by atoms with Crippen LogP contribution in [-0.4, -0.2) is 70.5 Å². The highest BCUT2D eigenvalue weighted by molar-refractivity contribution is 14.0. The Morgan fingerprint density at radius 3 is 2.41 bits per heavy atom. The van der Waals surface area contributed by atoms with Crippen LogP contribution in [0.3, 0.4) is 0 Å². The number of hydrogen-bond donors (Lipinski definition) is 1. The molecule has 1 saturated heterocycles. The lowest BCUT2D eigenvalue weighted by Crippen LogP contribution is -2.46. The van der Waals surface area contributed by atoms with Gasteiger partial charge in [-0.05, 0) is 19.8 Å². The van der Waals surface area contributed by atoms with Crippen LogP contribution in [0.5, 0.6) is 0 Å². The highest BCUT2D eigenvalue weighted by Crippen LogP contribution is 2.18. The van der Waals surface area contributed by atoms with Gasteiger partial charge in [0.05, 0.1) is 25.3 Å². The minimum Gasteiger partial charge on any atom is -0.469 e. The van der Waals surface area contributed by atoms with Crippen molar-refractivity contribution >= 4 is 45.7 Å². The molecule has 1 fully saturated rings. The number of nitrogens with zero attached hydrogens (tertiary/aromatic N) is 2. The summed E-state index contributed by atoms with van der Waals surface area (Å²) in [6.07, 6.45) is 2.66. The molecule has 0 unspecified atom stereocenters. The van der Waals surface area contributed by atoms with Gasteiger partial charge >= 0.3 is 5.97 Å². The summed E-state index contributed by atoms with van der Waals surface area (Å²) in [7, 11) is -1.60. The first kappa shape index (κ1) is 21.4. The topological polar surface area (TPSA) is 88.1 Å². The molecular weight excluding hydrogens is 421 g/mol. The van der Waals surface area contributed by atoms with Crippen LogP contribution in [0.25, 0.3) is 0 Å². The van der Waals surface area contributed by atoms with Gasteiger partial charge in [0.25, 0.3) is 0 Å². The minimum atomic E-state index is -3.00. The van der Waals surface area contributed by atoms with Crippen LogP contribution in [0.1, 0.15) is 19.8 Å². The second-order valence-corrected chi connectivity index (χ2v) is 7.41. The Labute approximate surface area is 149 Å². The number of carbonyl (C=O) groups is 1. The number of rotatable bonds is 5. The number of carbonyl (C=O) groups excluding carboxylic acids is 1. The first-order valence-corrected chi connectivity index (χ1v) is 9.22. The number of methoxy groups -OCH3 is 1. The van der Waals surface area contributed by atoms with E-state index < -0.39 is 9.84 Å². The molecule has 130 valence electrons. The Morgan fingerprint density at radius 2 is 1.95 bits per heavy atom. The van der Waals surface area contributed by atoms with Crippen molar-refractivity contribution in [3.63, 3.8) is 0 Å². The second kappa shape index (κ2) is 10.2. The van der Waals surface area contributed by atoms with Gasteiger partial charge in [0.1, 0.15) is 9.84 Å². The average Bonchev–Trinajstić information content (AvgIpc) is 2.44. The Hall–Kier alpha value is -0.580. The van der Waals surface area contributed by atoms with Crippen LogP contribution in [0.2, 0.25) is 0 Å². The number of piperidine rings is 1. The zero-order chi connectivity index (χ0) is 15.9. The molecule has 1 rings (SSSR count). The van der Waals surface area contributed by atoms with E-state index in [1.165, 1.54) is 13.4 Å². The number of esters is 1. The van der Waals surface area contributed by atoms with Crippen molar-refractivity contribution < 1.29 is 17.9 Å². The molecule has 1 heterocycles. The summed E-state index contributed by atoms with van der Waals surface area (Å²) in [4.78, 5) is 17.9. The summed E-state index contributed by atoms with van der Waals surface area (Å²) in [5, 5.41) is 3.16. The Kier molecular flexibility index (Phi) is 9.97. The molecule has 22 heavy (non-hydrogen) atoms. The van der Waals surface area contributed by atoms with Gasteiger partial charge in [-0.15, -0.1) is 24.0 Å². The third kappa shape index (κ3) is 7.61. The SMILES string of the molecule is CCNC(=NCCS(C)(=O)=O)N1CCC(C(=O)OC)CC1.I. The van der Waals surface area contributed by atoms with Gasteiger partial charge in [-0.2, -0.15) is 0 Å². The van der Waals surface area contributed by atoms with Gasteiger partial charge in [0, 0.05) is 25.9 Å². The number of likely N-dealkylation sites (tertiary alicyclic amines) is 1. The molecule has 0 spiro atoms. The molecule has 1 N–H and O–H groups in total. The zero-order valence-corrected chi connectivity index (χ0v) is 16.5. The Balaban J connectivity index is 0.00000441. The molecule has 0 saturated carbocycles. The lowest BCUT2D eigenvalue weighted by molar-refractivity contribution is -0.146. The summed E-state index contributed by atoms with van der Waals surface area (Å²) in [5.74, 6) is 0.545. The second-order valence-electron chi connectivity index (χ2n) is 5.15. The fraction of sp³-hybridized carbons (Fsp3) is 0.846. The van der Waals surface area contributed by atoms with Crippen LogP contribution < -0.4 is 5.32 Å². The van der Waals surface area contributed by atoms with E-state index in [2.05, 4.69) is 15.2 Å². The minimum absolute atomic E-state index is 0. The lowest BCUT2D eigenvalue weighted by Gasteiger charge is -2.33. The van der Waals surface area contributed by atoms with E-state index in [4.69, 9.17) is 4.74 Å². The van der Waals surface area contributed by atoms with Crippen molar-refractivity contribution in [3.05, 3.63) is 0 Å². The normalized spacial score (nSPS) is 16.9. The van der Waals surface area contributed by atoms with Gasteiger partial charge in [0.15, 0.2) is 5.96 Å². The molecule has 0 bridgehead atoms. The number of sulfone groups is 1. The summed E-state index contributed by atoms with van der Waals surface area (Å²) in [6.45, 7) is 4.36. The Bertz CT molecular complexity index is 474. The van der Waals surface area contributed by atoms with E-state index in [0.717, 1.165) is 12.8 Å². The summed E-state index contributed by atoms with van der Waals surface area (Å²) in [5.41, 5.74) is 0. The molecule has 7 nitrogen and oxygen atoms in total. The summed E-state index contributed by atoms with van der Waals surface area (Å²) < 4.78 is 27.1. The van der Waals surface area contributed by atoms with Crippen LogP contribution in [0, 0.1) is 5.92 Å². The summed E-state index contributed by atoms with van der Waals surface area (Å²) in [6, 6.07) is 0. The molecule has 0 amide bonds. The van der Waals surface area contributed by atoms with Crippen molar-refractivity contribution in [2.24, 2.45) is 10.9 Å². The first-order chi connectivity index (χ1) is 9.87. The van der Waals surface area contributed by atoms with Crippen LogP contribution in [0.4, 0.5) is 0 Å². The number of guanidine groups is 1. The molecule has 1 aliphatic rings. The molecule has 1 aliphatic heterocycles. The molecule has 0 atom stereocenters. The van der Waals surface area contributed by atoms with Crippen molar-refractivity contribution in [3.8, 4) is 0 Å². The maximum Gasteiger partial charge on any atom is 0.308 e. The van der Waals surface area contributed by atoms with Gasteiger partial charge in [-0.3, -0.25) is 9.79 Å². The third-order valence-electron chi connectivity index (χ3n) is 3.39. The van der Waals surface area contributed by atoms with E-state index in [0.29, 0.717) is 25.6 Å². The monoisotopic (exact) mass is 447 g/mol. The molecule has 0 aliphatic carbocycles. The molecule has 0 radical (unpaired) electrons. The predicted octanol–water partition coefficient (Wildman–Crippen LogP) is 0.500. The number of ether oxygens (including phenoxy) is 1. The van der Waals surface area contributed by atoms with Gasteiger partial charge in [-0.25, -0.2) is 8.42 Å². The first-order valence-electron chi connectivity index (χ1n) is 7.16. The fourth-order valence-electron chi connectivity index (χ4n) is 2.24. The molecule has 0 aromatic rings. The lowest BCUT2D eigenvalue weighted by atomic mass is 9.97. The van der Waals surface area contributed by atoms with E-state index >= 15 is 0 Å². The number of aliphatic imine (C=N–C) groups is 1. The van der Waals surface area contributed by atoms with E-state index in [1.807, 2.05) is 6.92 Å². The molecule has 0 aromatic carbocycles.